The van der Waals surface area contributed by atoms with E-state index < -0.39 is 31.1 Å². The summed E-state index contributed by atoms with van der Waals surface area (Å²) in [6.45, 7) is -0.436. The van der Waals surface area contributed by atoms with Crippen LogP contribution in [-0.2, 0) is 4.74 Å². The standard InChI is InChI=1S/C11H12N6O4S/c12-2-22-9-5-8(15-11(13)16-9)17(3-14-5)10-7(20)6(19)4(1-18)21-10/h3-4,6-7,10,18-20H,1H2,(H2,13,15,16)/t4-,6-,7-,10-/m1/s1. The Morgan fingerprint density at radius 2 is 2.18 bits per heavy atom. The lowest BCUT2D eigenvalue weighted by atomic mass is 10.1. The maximum atomic E-state index is 10.1. The number of imidazole rings is 1. The zero-order valence-electron chi connectivity index (χ0n) is 11.1. The Bertz CT molecular complexity index is 746. The Morgan fingerprint density at radius 3 is 2.82 bits per heavy atom. The van der Waals surface area contributed by atoms with Crippen LogP contribution in [0, 0.1) is 10.7 Å². The molecule has 0 saturated carbocycles. The van der Waals surface area contributed by atoms with Gasteiger partial charge >= 0.3 is 0 Å². The number of thioether (sulfide) groups is 1. The molecule has 0 radical (unpaired) electrons. The fraction of sp³-hybridized carbons (Fsp3) is 0.455. The van der Waals surface area contributed by atoms with Gasteiger partial charge in [0.25, 0.3) is 0 Å². The van der Waals surface area contributed by atoms with Crippen molar-refractivity contribution < 1.29 is 20.1 Å². The molecule has 10 nitrogen and oxygen atoms in total. The second kappa shape index (κ2) is 5.67. The van der Waals surface area contributed by atoms with Crippen molar-refractivity contribution in [2.75, 3.05) is 12.3 Å². The summed E-state index contributed by atoms with van der Waals surface area (Å²) in [4.78, 5) is 12.1. The zero-order valence-corrected chi connectivity index (χ0v) is 11.9. The smallest absolute Gasteiger partial charge is 0.223 e. The van der Waals surface area contributed by atoms with Gasteiger partial charge in [-0.2, -0.15) is 10.2 Å². The molecule has 0 unspecified atom stereocenters. The molecule has 0 spiro atoms. The first-order valence-electron chi connectivity index (χ1n) is 6.25. The maximum absolute atomic E-state index is 10.1. The molecule has 0 amide bonds. The number of nitrogens with two attached hydrogens (primary N) is 1. The van der Waals surface area contributed by atoms with Gasteiger partial charge in [-0.25, -0.2) is 9.97 Å². The van der Waals surface area contributed by atoms with Crippen LogP contribution in [0.1, 0.15) is 6.23 Å². The van der Waals surface area contributed by atoms with Crippen molar-refractivity contribution in [2.45, 2.75) is 29.6 Å². The lowest BCUT2D eigenvalue weighted by molar-refractivity contribution is -0.0511. The number of hydrogen-bond acceptors (Lipinski definition) is 10. The van der Waals surface area contributed by atoms with E-state index in [0.29, 0.717) is 5.52 Å². The van der Waals surface area contributed by atoms with E-state index in [1.165, 1.54) is 10.9 Å². The van der Waals surface area contributed by atoms with Crippen molar-refractivity contribution in [2.24, 2.45) is 0 Å². The van der Waals surface area contributed by atoms with Crippen LogP contribution in [0.2, 0.25) is 0 Å². The Labute approximate surface area is 128 Å². The lowest BCUT2D eigenvalue weighted by Gasteiger charge is -2.16. The van der Waals surface area contributed by atoms with Crippen LogP contribution >= 0.6 is 11.8 Å². The van der Waals surface area contributed by atoms with E-state index in [4.69, 9.17) is 20.8 Å². The van der Waals surface area contributed by atoms with Crippen LogP contribution in [-0.4, -0.2) is 59.8 Å². The lowest BCUT2D eigenvalue weighted by Crippen LogP contribution is -2.33. The van der Waals surface area contributed by atoms with Gasteiger partial charge in [0.1, 0.15) is 34.3 Å². The predicted octanol–water partition coefficient (Wildman–Crippen LogP) is -1.41. The minimum atomic E-state index is -1.27. The summed E-state index contributed by atoms with van der Waals surface area (Å²) in [5.41, 5.74) is 6.21. The molecule has 1 saturated heterocycles. The predicted molar refractivity (Wildman–Crippen MR) is 74.2 cm³/mol. The number of rotatable bonds is 3. The van der Waals surface area contributed by atoms with Crippen molar-refractivity contribution in [3.05, 3.63) is 6.33 Å². The van der Waals surface area contributed by atoms with Crippen molar-refractivity contribution >= 4 is 28.9 Å². The third-order valence-electron chi connectivity index (χ3n) is 3.34. The van der Waals surface area contributed by atoms with Crippen LogP contribution < -0.4 is 5.73 Å². The second-order valence-corrected chi connectivity index (χ2v) is 5.41. The molecule has 22 heavy (non-hydrogen) atoms. The number of ether oxygens (including phenoxy) is 1. The SMILES string of the molecule is N#CSc1nc(N)nc2c1ncn2[C@@H]1O[C@H](CO)[C@@H](O)[C@H]1O. The monoisotopic (exact) mass is 324 g/mol. The maximum Gasteiger partial charge on any atom is 0.223 e. The molecule has 116 valence electrons. The van der Waals surface area contributed by atoms with E-state index >= 15 is 0 Å². The molecule has 1 fully saturated rings. The first-order chi connectivity index (χ1) is 10.6. The topological polar surface area (TPSA) is 163 Å². The van der Waals surface area contributed by atoms with Gasteiger partial charge in [0.15, 0.2) is 11.9 Å². The molecular weight excluding hydrogens is 312 g/mol. The summed E-state index contributed by atoms with van der Waals surface area (Å²) < 4.78 is 6.81. The van der Waals surface area contributed by atoms with E-state index in [-0.39, 0.29) is 16.6 Å². The highest BCUT2D eigenvalue weighted by Crippen LogP contribution is 2.33. The first-order valence-corrected chi connectivity index (χ1v) is 7.07. The van der Waals surface area contributed by atoms with Crippen LogP contribution in [0.4, 0.5) is 5.95 Å². The minimum Gasteiger partial charge on any atom is -0.394 e. The summed E-state index contributed by atoms with van der Waals surface area (Å²) in [6, 6.07) is 0. The highest BCUT2D eigenvalue weighted by Gasteiger charge is 2.44. The van der Waals surface area contributed by atoms with Gasteiger partial charge in [-0.3, -0.25) is 4.57 Å². The molecule has 1 aliphatic rings. The summed E-state index contributed by atoms with van der Waals surface area (Å²) in [7, 11) is 0. The molecule has 2 aromatic heterocycles. The molecule has 0 aromatic carbocycles. The Kier molecular flexibility index (Phi) is 3.85. The molecule has 5 N–H and O–H groups in total. The number of nitrogens with zero attached hydrogens (tertiary/aromatic N) is 5. The van der Waals surface area contributed by atoms with E-state index in [9.17, 15) is 10.2 Å². The molecular formula is C11H12N6O4S. The van der Waals surface area contributed by atoms with Crippen molar-refractivity contribution in [1.82, 2.24) is 19.5 Å². The van der Waals surface area contributed by atoms with Gasteiger partial charge in [0.2, 0.25) is 5.95 Å². The van der Waals surface area contributed by atoms with E-state index in [0.717, 1.165) is 11.8 Å². The van der Waals surface area contributed by atoms with Crippen LogP contribution in [0.15, 0.2) is 11.4 Å². The molecule has 3 heterocycles. The summed E-state index contributed by atoms with van der Waals surface area (Å²) >= 11 is 0.787. The molecule has 11 heteroatoms. The fourth-order valence-corrected chi connectivity index (χ4v) is 2.78. The third kappa shape index (κ3) is 2.27. The molecule has 3 rings (SSSR count). The summed E-state index contributed by atoms with van der Waals surface area (Å²) in [5, 5.41) is 40.0. The second-order valence-electron chi connectivity index (χ2n) is 4.63. The molecule has 4 atom stereocenters. The van der Waals surface area contributed by atoms with E-state index in [2.05, 4.69) is 15.0 Å². The van der Waals surface area contributed by atoms with Gasteiger partial charge in [0, 0.05) is 11.8 Å². The molecule has 1 aliphatic heterocycles. The average molecular weight is 324 g/mol. The average Bonchev–Trinajstić information content (AvgIpc) is 3.02. The normalized spacial score (nSPS) is 28.1. The Balaban J connectivity index is 2.08. The number of thiocyanates is 1. The summed E-state index contributed by atoms with van der Waals surface area (Å²) in [6.07, 6.45) is -3.05. The van der Waals surface area contributed by atoms with Gasteiger partial charge in [0.05, 0.1) is 12.9 Å². The van der Waals surface area contributed by atoms with Crippen molar-refractivity contribution in [3.63, 3.8) is 0 Å². The number of aliphatic hydroxyl groups is 3. The number of aliphatic hydroxyl groups excluding tert-OH is 3. The quantitative estimate of drug-likeness (QED) is 0.299. The van der Waals surface area contributed by atoms with Gasteiger partial charge in [-0.15, -0.1) is 0 Å². The van der Waals surface area contributed by atoms with Crippen molar-refractivity contribution in [1.29, 1.82) is 5.26 Å². The van der Waals surface area contributed by atoms with E-state index in [1.54, 1.807) is 0 Å². The first kappa shape index (κ1) is 14.9. The number of aromatic nitrogens is 4. The third-order valence-corrected chi connectivity index (χ3v) is 3.91. The summed E-state index contributed by atoms with van der Waals surface area (Å²) in [5.74, 6) is -0.0567. The Morgan fingerprint density at radius 1 is 1.41 bits per heavy atom. The van der Waals surface area contributed by atoms with E-state index in [1.807, 2.05) is 5.40 Å². The van der Waals surface area contributed by atoms with Gasteiger partial charge < -0.3 is 25.8 Å². The van der Waals surface area contributed by atoms with Crippen LogP contribution in [0.3, 0.4) is 0 Å². The van der Waals surface area contributed by atoms with Crippen LogP contribution in [0.25, 0.3) is 11.2 Å². The minimum absolute atomic E-state index is 0.0567. The number of nitrogen functional groups attached to an aromatic ring is 1. The number of fused-ring (bicyclic) bond motifs is 1. The highest BCUT2D eigenvalue weighted by atomic mass is 32.2. The van der Waals surface area contributed by atoms with Gasteiger partial charge in [-0.05, 0) is 0 Å². The highest BCUT2D eigenvalue weighted by molar-refractivity contribution is 8.03. The molecule has 0 aliphatic carbocycles. The number of nitriles is 1. The largest absolute Gasteiger partial charge is 0.394 e. The number of hydrogen-bond donors (Lipinski definition) is 4. The molecule has 2 aromatic rings. The zero-order chi connectivity index (χ0) is 15.9. The molecule has 0 bridgehead atoms. The van der Waals surface area contributed by atoms with Crippen molar-refractivity contribution in [3.8, 4) is 5.40 Å². The van der Waals surface area contributed by atoms with Crippen LogP contribution in [0.5, 0.6) is 0 Å². The van der Waals surface area contributed by atoms with Gasteiger partial charge in [-0.1, -0.05) is 0 Å². The fourth-order valence-electron chi connectivity index (χ4n) is 2.32. The Hall–Kier alpha value is -1.97. The number of anilines is 1.